The van der Waals surface area contributed by atoms with E-state index in [2.05, 4.69) is 5.32 Å². The molecule has 4 heteroatoms. The zero-order valence-corrected chi connectivity index (χ0v) is 11.8. The van der Waals surface area contributed by atoms with Gasteiger partial charge >= 0.3 is 0 Å². The summed E-state index contributed by atoms with van der Waals surface area (Å²) in [6, 6.07) is 10.1. The van der Waals surface area contributed by atoms with E-state index in [-0.39, 0.29) is 11.7 Å². The van der Waals surface area contributed by atoms with E-state index < -0.39 is 11.6 Å². The fourth-order valence-corrected chi connectivity index (χ4v) is 2.86. The van der Waals surface area contributed by atoms with E-state index in [0.717, 1.165) is 36.6 Å². The van der Waals surface area contributed by atoms with Crippen molar-refractivity contribution in [3.63, 3.8) is 0 Å². The Balaban J connectivity index is 1.93. The van der Waals surface area contributed by atoms with E-state index in [4.69, 9.17) is 4.74 Å². The van der Waals surface area contributed by atoms with Crippen molar-refractivity contribution in [2.75, 3.05) is 12.4 Å². The molecule has 1 atom stereocenters. The Labute approximate surface area is 122 Å². The summed E-state index contributed by atoms with van der Waals surface area (Å²) in [4.78, 5) is 0. The Morgan fingerprint density at radius 3 is 2.86 bits per heavy atom. The fourth-order valence-electron chi connectivity index (χ4n) is 2.86. The summed E-state index contributed by atoms with van der Waals surface area (Å²) in [5.41, 5.74) is 2.54. The number of benzene rings is 2. The number of aryl methyl sites for hydroxylation is 1. The minimum absolute atomic E-state index is 0.0276. The molecular formula is C17H17F2NO. The summed E-state index contributed by atoms with van der Waals surface area (Å²) in [7, 11) is 1.62. The van der Waals surface area contributed by atoms with Crippen molar-refractivity contribution >= 4 is 5.69 Å². The predicted molar refractivity (Wildman–Crippen MR) is 78.7 cm³/mol. The summed E-state index contributed by atoms with van der Waals surface area (Å²) in [5.74, 6) is -0.878. The molecule has 0 amide bonds. The highest BCUT2D eigenvalue weighted by Gasteiger charge is 2.22. The number of methoxy groups -OCH3 is 1. The Morgan fingerprint density at radius 1 is 1.19 bits per heavy atom. The van der Waals surface area contributed by atoms with Crippen LogP contribution in [0.25, 0.3) is 0 Å². The Morgan fingerprint density at radius 2 is 2.05 bits per heavy atom. The maximum atomic E-state index is 13.8. The summed E-state index contributed by atoms with van der Waals surface area (Å²) < 4.78 is 32.4. The van der Waals surface area contributed by atoms with Gasteiger partial charge in [0.2, 0.25) is 0 Å². The highest BCUT2D eigenvalue weighted by Crippen LogP contribution is 2.35. The smallest absolute Gasteiger partial charge is 0.181 e. The number of nitrogens with one attached hydrogen (secondary N) is 1. The third-order valence-corrected chi connectivity index (χ3v) is 3.95. The second-order valence-electron chi connectivity index (χ2n) is 5.26. The molecule has 0 saturated heterocycles. The molecule has 0 aliphatic heterocycles. The maximum Gasteiger partial charge on any atom is 0.181 e. The van der Waals surface area contributed by atoms with Crippen molar-refractivity contribution in [3.05, 3.63) is 59.2 Å². The second-order valence-corrected chi connectivity index (χ2v) is 5.26. The first-order valence-electron chi connectivity index (χ1n) is 7.06. The quantitative estimate of drug-likeness (QED) is 0.900. The third-order valence-electron chi connectivity index (χ3n) is 3.95. The largest absolute Gasteiger partial charge is 0.497 e. The topological polar surface area (TPSA) is 21.3 Å². The first-order chi connectivity index (χ1) is 10.2. The van der Waals surface area contributed by atoms with Gasteiger partial charge in [0.05, 0.1) is 18.8 Å². The van der Waals surface area contributed by atoms with Gasteiger partial charge in [-0.05, 0) is 54.7 Å². The van der Waals surface area contributed by atoms with E-state index >= 15 is 0 Å². The van der Waals surface area contributed by atoms with Crippen LogP contribution in [0.15, 0.2) is 36.4 Å². The van der Waals surface area contributed by atoms with Gasteiger partial charge in [-0.15, -0.1) is 0 Å². The normalized spacial score (nSPS) is 17.2. The van der Waals surface area contributed by atoms with Crippen LogP contribution in [0.4, 0.5) is 14.5 Å². The highest BCUT2D eigenvalue weighted by molar-refractivity contribution is 5.50. The van der Waals surface area contributed by atoms with Crippen molar-refractivity contribution in [2.24, 2.45) is 0 Å². The molecule has 3 rings (SSSR count). The molecule has 0 fully saturated rings. The number of rotatable bonds is 3. The molecule has 1 unspecified atom stereocenters. The number of hydrogen-bond donors (Lipinski definition) is 1. The molecule has 0 saturated carbocycles. The van der Waals surface area contributed by atoms with Crippen LogP contribution in [0.2, 0.25) is 0 Å². The summed E-state index contributed by atoms with van der Waals surface area (Å²) in [6.45, 7) is 0. The van der Waals surface area contributed by atoms with Gasteiger partial charge < -0.3 is 10.1 Å². The van der Waals surface area contributed by atoms with Crippen molar-refractivity contribution < 1.29 is 13.5 Å². The number of anilines is 1. The molecule has 1 N–H and O–H groups in total. The molecule has 21 heavy (non-hydrogen) atoms. The Bertz CT molecular complexity index is 657. The molecule has 0 bridgehead atoms. The van der Waals surface area contributed by atoms with Gasteiger partial charge in [0.1, 0.15) is 5.75 Å². The monoisotopic (exact) mass is 289 g/mol. The SMILES string of the molecule is COc1ccc2c(c1)C(Nc1cccc(F)c1F)CCC2. The van der Waals surface area contributed by atoms with E-state index in [1.807, 2.05) is 18.2 Å². The Kier molecular flexibility index (Phi) is 3.78. The van der Waals surface area contributed by atoms with Crippen molar-refractivity contribution in [1.29, 1.82) is 0 Å². The summed E-state index contributed by atoms with van der Waals surface area (Å²) >= 11 is 0. The molecule has 2 nitrogen and oxygen atoms in total. The number of fused-ring (bicyclic) bond motifs is 1. The third kappa shape index (κ3) is 2.71. The van der Waals surface area contributed by atoms with Gasteiger partial charge in [-0.25, -0.2) is 8.78 Å². The van der Waals surface area contributed by atoms with E-state index in [9.17, 15) is 8.78 Å². The van der Waals surface area contributed by atoms with Gasteiger partial charge in [-0.3, -0.25) is 0 Å². The molecule has 110 valence electrons. The van der Waals surface area contributed by atoms with Gasteiger partial charge in [0.25, 0.3) is 0 Å². The van der Waals surface area contributed by atoms with E-state index in [0.29, 0.717) is 0 Å². The maximum absolute atomic E-state index is 13.8. The van der Waals surface area contributed by atoms with Gasteiger partial charge in [0, 0.05) is 0 Å². The highest BCUT2D eigenvalue weighted by atomic mass is 19.2. The molecular weight excluding hydrogens is 272 g/mol. The van der Waals surface area contributed by atoms with Gasteiger partial charge in [0.15, 0.2) is 11.6 Å². The van der Waals surface area contributed by atoms with Gasteiger partial charge in [-0.2, -0.15) is 0 Å². The van der Waals surface area contributed by atoms with Crippen LogP contribution in [-0.2, 0) is 6.42 Å². The first kappa shape index (κ1) is 13.9. The van der Waals surface area contributed by atoms with Crippen LogP contribution in [0, 0.1) is 11.6 Å². The molecule has 0 radical (unpaired) electrons. The van der Waals surface area contributed by atoms with Crippen LogP contribution in [0.1, 0.15) is 30.0 Å². The number of ether oxygens (including phenoxy) is 1. The minimum Gasteiger partial charge on any atom is -0.497 e. The zero-order valence-electron chi connectivity index (χ0n) is 11.8. The molecule has 2 aromatic carbocycles. The van der Waals surface area contributed by atoms with Crippen molar-refractivity contribution in [3.8, 4) is 5.75 Å². The molecule has 1 aliphatic rings. The average molecular weight is 289 g/mol. The van der Waals surface area contributed by atoms with Crippen molar-refractivity contribution in [2.45, 2.75) is 25.3 Å². The standard InChI is InChI=1S/C17H17F2NO/c1-21-12-9-8-11-4-2-6-15(13(11)10-12)20-16-7-3-5-14(18)17(16)19/h3,5,7-10,15,20H,2,4,6H2,1H3. The lowest BCUT2D eigenvalue weighted by Gasteiger charge is -2.28. The molecule has 0 heterocycles. The summed E-state index contributed by atoms with van der Waals surface area (Å²) in [5, 5.41) is 3.13. The van der Waals surface area contributed by atoms with Crippen LogP contribution < -0.4 is 10.1 Å². The first-order valence-corrected chi connectivity index (χ1v) is 7.06. The fraction of sp³-hybridized carbons (Fsp3) is 0.294. The lowest BCUT2D eigenvalue weighted by Crippen LogP contribution is -2.18. The zero-order chi connectivity index (χ0) is 14.8. The average Bonchev–Trinajstić information content (AvgIpc) is 2.51. The Hall–Kier alpha value is -2.10. The minimum atomic E-state index is -0.832. The van der Waals surface area contributed by atoms with E-state index in [1.165, 1.54) is 11.6 Å². The summed E-state index contributed by atoms with van der Waals surface area (Å²) in [6.07, 6.45) is 2.91. The molecule has 0 spiro atoms. The van der Waals surface area contributed by atoms with Gasteiger partial charge in [-0.1, -0.05) is 12.1 Å². The van der Waals surface area contributed by atoms with Crippen LogP contribution in [0.3, 0.4) is 0 Å². The van der Waals surface area contributed by atoms with Crippen LogP contribution in [-0.4, -0.2) is 7.11 Å². The van der Waals surface area contributed by atoms with Crippen molar-refractivity contribution in [1.82, 2.24) is 0 Å². The van der Waals surface area contributed by atoms with Crippen LogP contribution >= 0.6 is 0 Å². The lowest BCUT2D eigenvalue weighted by molar-refractivity contribution is 0.413. The predicted octanol–water partition coefficient (Wildman–Crippen LogP) is 4.46. The van der Waals surface area contributed by atoms with Crippen LogP contribution in [0.5, 0.6) is 5.75 Å². The molecule has 0 aromatic heterocycles. The second kappa shape index (κ2) is 5.72. The number of hydrogen-bond acceptors (Lipinski definition) is 2. The van der Waals surface area contributed by atoms with E-state index in [1.54, 1.807) is 13.2 Å². The lowest BCUT2D eigenvalue weighted by atomic mass is 9.87. The molecule has 2 aromatic rings. The number of halogens is 2. The molecule has 1 aliphatic carbocycles.